The molecule has 0 bridgehead atoms. The summed E-state index contributed by atoms with van der Waals surface area (Å²) in [4.78, 5) is 11.0. The monoisotopic (exact) mass is 155 g/mol. The quantitative estimate of drug-likeness (QED) is 0.553. The van der Waals surface area contributed by atoms with E-state index >= 15 is 0 Å². The van der Waals surface area contributed by atoms with Gasteiger partial charge in [0.1, 0.15) is 6.04 Å². The Balaban J connectivity index is 1.97. The van der Waals surface area contributed by atoms with E-state index in [1.807, 2.05) is 0 Å². The average molecular weight is 155 g/mol. The van der Waals surface area contributed by atoms with E-state index in [4.69, 9.17) is 0 Å². The maximum atomic E-state index is 11.0. The molecule has 2 unspecified atom stereocenters. The molecule has 2 rings (SSSR count). The van der Waals surface area contributed by atoms with Crippen LogP contribution in [-0.4, -0.2) is 25.2 Å². The van der Waals surface area contributed by atoms with Crippen LogP contribution in [0.1, 0.15) is 19.8 Å². The van der Waals surface area contributed by atoms with Crippen LogP contribution < -0.4 is 5.32 Å². The molecule has 0 spiro atoms. The van der Waals surface area contributed by atoms with E-state index in [1.165, 1.54) is 13.5 Å². The Morgan fingerprint density at radius 3 is 2.82 bits per heavy atom. The summed E-state index contributed by atoms with van der Waals surface area (Å²) >= 11 is 0. The SMILES string of the molecule is COC(=O)C1C[C@]2(C)CC2N1. The summed E-state index contributed by atoms with van der Waals surface area (Å²) in [5.41, 5.74) is 0.402. The zero-order valence-electron chi connectivity index (χ0n) is 6.89. The molecule has 0 aromatic rings. The third-order valence-electron chi connectivity index (χ3n) is 2.91. The topological polar surface area (TPSA) is 38.3 Å². The standard InChI is InChI=1S/C8H13NO2/c1-8-3-5(7(10)11-2)9-6(8)4-8/h5-6,9H,3-4H2,1-2H3/t5?,6?,8-/m1/s1. The zero-order chi connectivity index (χ0) is 8.06. The van der Waals surface area contributed by atoms with Crippen LogP contribution in [0.2, 0.25) is 0 Å². The predicted octanol–water partition coefficient (Wildman–Crippen LogP) is 0.300. The molecule has 1 saturated carbocycles. The fraction of sp³-hybridized carbons (Fsp3) is 0.875. The van der Waals surface area contributed by atoms with Gasteiger partial charge in [0, 0.05) is 6.04 Å². The summed E-state index contributed by atoms with van der Waals surface area (Å²) in [5, 5.41) is 3.24. The Bertz CT molecular complexity index is 204. The molecule has 11 heavy (non-hydrogen) atoms. The van der Waals surface area contributed by atoms with Gasteiger partial charge < -0.3 is 10.1 Å². The number of piperidine rings is 1. The molecule has 2 aliphatic rings. The summed E-state index contributed by atoms with van der Waals surface area (Å²) in [7, 11) is 1.44. The molecule has 62 valence electrons. The lowest BCUT2D eigenvalue weighted by Gasteiger charge is -2.10. The van der Waals surface area contributed by atoms with Crippen LogP contribution in [-0.2, 0) is 9.53 Å². The van der Waals surface area contributed by atoms with Gasteiger partial charge in [-0.3, -0.25) is 4.79 Å². The first kappa shape index (κ1) is 7.10. The Morgan fingerprint density at radius 2 is 2.36 bits per heavy atom. The van der Waals surface area contributed by atoms with Gasteiger partial charge in [0.15, 0.2) is 0 Å². The number of ether oxygens (including phenoxy) is 1. The molecular weight excluding hydrogens is 142 g/mol. The molecule has 3 heteroatoms. The third-order valence-corrected chi connectivity index (χ3v) is 2.91. The maximum absolute atomic E-state index is 11.0. The number of methoxy groups -OCH3 is 1. The Morgan fingerprint density at radius 1 is 1.64 bits per heavy atom. The number of carbonyl (C=O) groups is 1. The van der Waals surface area contributed by atoms with Crippen LogP contribution in [0.25, 0.3) is 0 Å². The van der Waals surface area contributed by atoms with E-state index in [-0.39, 0.29) is 12.0 Å². The summed E-state index contributed by atoms with van der Waals surface area (Å²) in [6, 6.07) is 0.537. The number of hydrogen-bond donors (Lipinski definition) is 1. The number of esters is 1. The van der Waals surface area contributed by atoms with Gasteiger partial charge in [-0.1, -0.05) is 6.92 Å². The molecule has 1 N–H and O–H groups in total. The number of rotatable bonds is 1. The fourth-order valence-corrected chi connectivity index (χ4v) is 1.95. The van der Waals surface area contributed by atoms with Crippen molar-refractivity contribution in [3.63, 3.8) is 0 Å². The Kier molecular flexibility index (Phi) is 1.27. The van der Waals surface area contributed by atoms with E-state index in [2.05, 4.69) is 17.0 Å². The van der Waals surface area contributed by atoms with E-state index in [0.29, 0.717) is 11.5 Å². The summed E-state index contributed by atoms with van der Waals surface area (Å²) < 4.78 is 4.65. The number of nitrogens with one attached hydrogen (secondary N) is 1. The zero-order valence-corrected chi connectivity index (χ0v) is 6.89. The van der Waals surface area contributed by atoms with Crippen LogP contribution in [0, 0.1) is 5.41 Å². The van der Waals surface area contributed by atoms with Crippen molar-refractivity contribution in [3.05, 3.63) is 0 Å². The van der Waals surface area contributed by atoms with Gasteiger partial charge >= 0.3 is 5.97 Å². The minimum atomic E-state index is -0.113. The first-order valence-electron chi connectivity index (χ1n) is 3.99. The lowest BCUT2D eigenvalue weighted by Crippen LogP contribution is -2.34. The smallest absolute Gasteiger partial charge is 0.322 e. The normalized spacial score (nSPS) is 46.7. The van der Waals surface area contributed by atoms with Gasteiger partial charge in [-0.25, -0.2) is 0 Å². The van der Waals surface area contributed by atoms with Crippen molar-refractivity contribution < 1.29 is 9.53 Å². The highest BCUT2D eigenvalue weighted by atomic mass is 16.5. The molecule has 1 saturated heterocycles. The van der Waals surface area contributed by atoms with Crippen molar-refractivity contribution in [3.8, 4) is 0 Å². The van der Waals surface area contributed by atoms with E-state index in [0.717, 1.165) is 6.42 Å². The largest absolute Gasteiger partial charge is 0.468 e. The van der Waals surface area contributed by atoms with Gasteiger partial charge in [0.2, 0.25) is 0 Å². The van der Waals surface area contributed by atoms with E-state index < -0.39 is 0 Å². The summed E-state index contributed by atoms with van der Waals surface area (Å²) in [6.45, 7) is 2.22. The van der Waals surface area contributed by atoms with Crippen LogP contribution in [0.5, 0.6) is 0 Å². The summed E-state index contributed by atoms with van der Waals surface area (Å²) in [6.07, 6.45) is 2.17. The average Bonchev–Trinajstić information content (AvgIpc) is 2.49. The number of fused-ring (bicyclic) bond motifs is 1. The van der Waals surface area contributed by atoms with Crippen molar-refractivity contribution in [2.75, 3.05) is 7.11 Å². The minimum Gasteiger partial charge on any atom is -0.468 e. The van der Waals surface area contributed by atoms with Gasteiger partial charge in [0.05, 0.1) is 7.11 Å². The van der Waals surface area contributed by atoms with Gasteiger partial charge in [-0.05, 0) is 18.3 Å². The third kappa shape index (κ3) is 0.948. The lowest BCUT2D eigenvalue weighted by molar-refractivity contribution is -0.143. The molecule has 1 heterocycles. The molecule has 0 radical (unpaired) electrons. The van der Waals surface area contributed by atoms with Gasteiger partial charge in [-0.15, -0.1) is 0 Å². The second kappa shape index (κ2) is 1.97. The Labute approximate surface area is 66.1 Å². The van der Waals surface area contributed by atoms with Gasteiger partial charge in [-0.2, -0.15) is 0 Å². The maximum Gasteiger partial charge on any atom is 0.322 e. The molecule has 3 atom stereocenters. The molecule has 1 aliphatic carbocycles. The van der Waals surface area contributed by atoms with Crippen molar-refractivity contribution in [1.82, 2.24) is 5.32 Å². The second-order valence-electron chi connectivity index (χ2n) is 3.86. The molecule has 1 aliphatic heterocycles. The van der Waals surface area contributed by atoms with Crippen molar-refractivity contribution in [2.45, 2.75) is 31.8 Å². The van der Waals surface area contributed by atoms with E-state index in [1.54, 1.807) is 0 Å². The first-order valence-corrected chi connectivity index (χ1v) is 3.99. The highest BCUT2D eigenvalue weighted by Gasteiger charge is 2.58. The molecule has 0 aromatic heterocycles. The molecule has 0 amide bonds. The predicted molar refractivity (Wildman–Crippen MR) is 40.1 cm³/mol. The van der Waals surface area contributed by atoms with Crippen molar-refractivity contribution in [1.29, 1.82) is 0 Å². The number of carbonyl (C=O) groups excluding carboxylic acids is 1. The van der Waals surface area contributed by atoms with Crippen LogP contribution in [0.3, 0.4) is 0 Å². The molecule has 3 nitrogen and oxygen atoms in total. The fourth-order valence-electron chi connectivity index (χ4n) is 1.95. The first-order chi connectivity index (χ1) is 5.15. The summed E-state index contributed by atoms with van der Waals surface area (Å²) in [5.74, 6) is -0.113. The lowest BCUT2D eigenvalue weighted by atomic mass is 10.0. The van der Waals surface area contributed by atoms with Gasteiger partial charge in [0.25, 0.3) is 0 Å². The highest BCUT2D eigenvalue weighted by Crippen LogP contribution is 2.53. The Hall–Kier alpha value is -0.570. The van der Waals surface area contributed by atoms with Crippen LogP contribution in [0.4, 0.5) is 0 Å². The van der Waals surface area contributed by atoms with Crippen LogP contribution in [0.15, 0.2) is 0 Å². The second-order valence-corrected chi connectivity index (χ2v) is 3.86. The van der Waals surface area contributed by atoms with Crippen molar-refractivity contribution >= 4 is 5.97 Å². The van der Waals surface area contributed by atoms with Crippen molar-refractivity contribution in [2.24, 2.45) is 5.41 Å². The van der Waals surface area contributed by atoms with E-state index in [9.17, 15) is 4.79 Å². The molecular formula is C8H13NO2. The van der Waals surface area contributed by atoms with Crippen LogP contribution >= 0.6 is 0 Å². The highest BCUT2D eigenvalue weighted by molar-refractivity contribution is 5.76. The molecule has 0 aromatic carbocycles. The number of hydrogen-bond acceptors (Lipinski definition) is 3. The minimum absolute atomic E-state index is 0.0382. The molecule has 2 fully saturated rings.